The maximum Gasteiger partial charge on any atom is 0.244 e. The Bertz CT molecular complexity index is 914. The molecule has 0 atom stereocenters. The highest BCUT2D eigenvalue weighted by Crippen LogP contribution is 2.23. The number of nitrogens with zero attached hydrogens (tertiary/aromatic N) is 3. The fourth-order valence-corrected chi connectivity index (χ4v) is 4.23. The molecule has 0 saturated heterocycles. The molecule has 0 aliphatic rings. The number of aryl methyl sites for hydroxylation is 2. The summed E-state index contributed by atoms with van der Waals surface area (Å²) in [5, 5.41) is 6.79. The molecule has 0 aliphatic heterocycles. The summed E-state index contributed by atoms with van der Waals surface area (Å²) in [6, 6.07) is 9.80. The molecule has 0 bridgehead atoms. The van der Waals surface area contributed by atoms with E-state index >= 15 is 0 Å². The van der Waals surface area contributed by atoms with E-state index in [0.29, 0.717) is 11.4 Å². The van der Waals surface area contributed by atoms with Crippen molar-refractivity contribution < 1.29 is 8.42 Å². The molecule has 0 radical (unpaired) electrons. The number of thiazole rings is 1. The van der Waals surface area contributed by atoms with Crippen LogP contribution in [0.15, 0.2) is 46.8 Å². The van der Waals surface area contributed by atoms with E-state index in [0.717, 1.165) is 10.6 Å². The van der Waals surface area contributed by atoms with Crippen molar-refractivity contribution in [1.29, 1.82) is 0 Å². The Kier molecular flexibility index (Phi) is 4.29. The highest BCUT2D eigenvalue weighted by Gasteiger charge is 2.19. The molecule has 3 aromatic rings. The summed E-state index contributed by atoms with van der Waals surface area (Å²) in [6.07, 6.45) is 1.49. The minimum atomic E-state index is -3.59. The number of aromatic nitrogens is 3. The molecule has 2 aromatic heterocycles. The van der Waals surface area contributed by atoms with Crippen molar-refractivity contribution in [1.82, 2.24) is 19.5 Å². The van der Waals surface area contributed by atoms with Crippen LogP contribution in [0, 0.1) is 6.92 Å². The van der Waals surface area contributed by atoms with Gasteiger partial charge in [0.05, 0.1) is 17.9 Å². The van der Waals surface area contributed by atoms with Gasteiger partial charge in [-0.1, -0.05) is 30.3 Å². The summed E-state index contributed by atoms with van der Waals surface area (Å²) in [4.78, 5) is 4.67. The molecule has 8 heteroatoms. The first kappa shape index (κ1) is 15.9. The number of benzene rings is 1. The Hall–Kier alpha value is -2.03. The second-order valence-electron chi connectivity index (χ2n) is 5.09. The Morgan fingerprint density at radius 3 is 2.65 bits per heavy atom. The summed E-state index contributed by atoms with van der Waals surface area (Å²) in [5.74, 6) is 0. The quantitative estimate of drug-likeness (QED) is 0.768. The van der Waals surface area contributed by atoms with Crippen molar-refractivity contribution in [3.8, 4) is 10.6 Å². The van der Waals surface area contributed by atoms with Crippen molar-refractivity contribution in [3.05, 3.63) is 53.3 Å². The summed E-state index contributed by atoms with van der Waals surface area (Å²) in [6.45, 7) is 1.82. The lowest BCUT2D eigenvalue weighted by atomic mass is 10.2. The zero-order chi connectivity index (χ0) is 16.4. The van der Waals surface area contributed by atoms with Gasteiger partial charge in [-0.25, -0.2) is 18.1 Å². The third-order valence-corrected chi connectivity index (χ3v) is 5.72. The largest absolute Gasteiger partial charge is 0.274 e. The molecule has 23 heavy (non-hydrogen) atoms. The lowest BCUT2D eigenvalue weighted by molar-refractivity contribution is 0.580. The second kappa shape index (κ2) is 6.23. The van der Waals surface area contributed by atoms with E-state index in [1.165, 1.54) is 22.2 Å². The Labute approximate surface area is 138 Å². The molecule has 1 aromatic carbocycles. The van der Waals surface area contributed by atoms with E-state index in [4.69, 9.17) is 0 Å². The van der Waals surface area contributed by atoms with Gasteiger partial charge in [0, 0.05) is 24.2 Å². The summed E-state index contributed by atoms with van der Waals surface area (Å²) in [7, 11) is -1.90. The molecule has 0 unspecified atom stereocenters. The smallest absolute Gasteiger partial charge is 0.244 e. The van der Waals surface area contributed by atoms with E-state index in [-0.39, 0.29) is 11.4 Å². The van der Waals surface area contributed by atoms with Crippen molar-refractivity contribution in [3.63, 3.8) is 0 Å². The fourth-order valence-electron chi connectivity index (χ4n) is 2.19. The zero-order valence-electron chi connectivity index (χ0n) is 12.7. The van der Waals surface area contributed by atoms with Crippen molar-refractivity contribution in [2.24, 2.45) is 7.05 Å². The van der Waals surface area contributed by atoms with Crippen LogP contribution in [0.5, 0.6) is 0 Å². The average molecular weight is 348 g/mol. The minimum Gasteiger partial charge on any atom is -0.274 e. The number of hydrogen-bond donors (Lipinski definition) is 1. The van der Waals surface area contributed by atoms with Gasteiger partial charge in [-0.2, -0.15) is 5.10 Å². The van der Waals surface area contributed by atoms with Crippen molar-refractivity contribution in [2.45, 2.75) is 18.4 Å². The number of hydrogen-bond acceptors (Lipinski definition) is 5. The third-order valence-electron chi connectivity index (χ3n) is 3.27. The zero-order valence-corrected chi connectivity index (χ0v) is 14.4. The van der Waals surface area contributed by atoms with E-state index < -0.39 is 10.0 Å². The first-order valence-corrected chi connectivity index (χ1v) is 9.32. The van der Waals surface area contributed by atoms with E-state index in [1.807, 2.05) is 35.7 Å². The van der Waals surface area contributed by atoms with Gasteiger partial charge < -0.3 is 0 Å². The van der Waals surface area contributed by atoms with Gasteiger partial charge in [0.1, 0.15) is 9.90 Å². The molecule has 3 rings (SSSR count). The molecule has 0 aliphatic carbocycles. The summed E-state index contributed by atoms with van der Waals surface area (Å²) < 4.78 is 28.7. The van der Waals surface area contributed by atoms with Gasteiger partial charge >= 0.3 is 0 Å². The standard InChI is InChI=1S/C15H16N4O2S2/c1-11-14(9-19(2)18-11)23(20,21)16-8-13-10-22-15(17-13)12-6-4-3-5-7-12/h3-7,9-10,16H,8H2,1-2H3. The van der Waals surface area contributed by atoms with Gasteiger partial charge in [-0.05, 0) is 6.92 Å². The third kappa shape index (κ3) is 3.49. The second-order valence-corrected chi connectivity index (χ2v) is 7.68. The maximum absolute atomic E-state index is 12.3. The van der Waals surface area contributed by atoms with E-state index in [9.17, 15) is 8.42 Å². The molecule has 120 valence electrons. The van der Waals surface area contributed by atoms with Crippen LogP contribution in [-0.4, -0.2) is 23.2 Å². The highest BCUT2D eigenvalue weighted by molar-refractivity contribution is 7.89. The van der Waals surface area contributed by atoms with Crippen molar-refractivity contribution in [2.75, 3.05) is 0 Å². The Morgan fingerprint density at radius 2 is 2.00 bits per heavy atom. The topological polar surface area (TPSA) is 76.9 Å². The van der Waals surface area contributed by atoms with Crippen LogP contribution in [0.25, 0.3) is 10.6 Å². The van der Waals surface area contributed by atoms with E-state index in [1.54, 1.807) is 14.0 Å². The molecule has 0 saturated carbocycles. The summed E-state index contributed by atoms with van der Waals surface area (Å²) in [5.41, 5.74) is 2.19. The van der Waals surface area contributed by atoms with Crippen LogP contribution in [0.2, 0.25) is 0 Å². The molecular weight excluding hydrogens is 332 g/mol. The van der Waals surface area contributed by atoms with Crippen LogP contribution in [0.4, 0.5) is 0 Å². The molecule has 2 heterocycles. The van der Waals surface area contributed by atoms with Gasteiger partial charge in [-0.3, -0.25) is 4.68 Å². The molecule has 0 spiro atoms. The molecule has 6 nitrogen and oxygen atoms in total. The SMILES string of the molecule is Cc1nn(C)cc1S(=O)(=O)NCc1csc(-c2ccccc2)n1. The lowest BCUT2D eigenvalue weighted by Gasteiger charge is -2.03. The molecular formula is C15H16N4O2S2. The number of nitrogens with one attached hydrogen (secondary N) is 1. The Morgan fingerprint density at radius 1 is 1.26 bits per heavy atom. The normalized spacial score (nSPS) is 11.7. The molecule has 0 fully saturated rings. The number of rotatable bonds is 5. The average Bonchev–Trinajstić information content (AvgIpc) is 3.13. The van der Waals surface area contributed by atoms with Gasteiger partial charge in [-0.15, -0.1) is 11.3 Å². The van der Waals surface area contributed by atoms with Gasteiger partial charge in [0.15, 0.2) is 0 Å². The summed E-state index contributed by atoms with van der Waals surface area (Å²) >= 11 is 1.49. The van der Waals surface area contributed by atoms with Crippen LogP contribution in [0.3, 0.4) is 0 Å². The van der Waals surface area contributed by atoms with E-state index in [2.05, 4.69) is 14.8 Å². The predicted molar refractivity (Wildman–Crippen MR) is 89.5 cm³/mol. The molecule has 1 N–H and O–H groups in total. The highest BCUT2D eigenvalue weighted by atomic mass is 32.2. The minimum absolute atomic E-state index is 0.153. The van der Waals surface area contributed by atoms with Crippen LogP contribution in [0.1, 0.15) is 11.4 Å². The van der Waals surface area contributed by atoms with Crippen LogP contribution in [-0.2, 0) is 23.6 Å². The first-order chi connectivity index (χ1) is 11.0. The van der Waals surface area contributed by atoms with Crippen LogP contribution >= 0.6 is 11.3 Å². The first-order valence-electron chi connectivity index (χ1n) is 6.95. The lowest BCUT2D eigenvalue weighted by Crippen LogP contribution is -2.23. The fraction of sp³-hybridized carbons (Fsp3) is 0.200. The van der Waals surface area contributed by atoms with Gasteiger partial charge in [0.25, 0.3) is 0 Å². The Balaban J connectivity index is 1.74. The molecule has 0 amide bonds. The predicted octanol–water partition coefficient (Wildman–Crippen LogP) is 2.33. The van der Waals surface area contributed by atoms with Gasteiger partial charge in [0.2, 0.25) is 10.0 Å². The van der Waals surface area contributed by atoms with Crippen molar-refractivity contribution >= 4 is 21.4 Å². The number of sulfonamides is 1. The monoisotopic (exact) mass is 348 g/mol. The maximum atomic E-state index is 12.3. The van der Waals surface area contributed by atoms with Crippen LogP contribution < -0.4 is 4.72 Å².